The van der Waals surface area contributed by atoms with Gasteiger partial charge in [-0.2, -0.15) is 0 Å². The normalized spacial score (nSPS) is 11.1. The Hall–Kier alpha value is -2.80. The fourth-order valence-electron chi connectivity index (χ4n) is 2.18. The molecule has 0 spiro atoms. The minimum atomic E-state index is -0.287. The Kier molecular flexibility index (Phi) is 5.51. The number of ether oxygens (including phenoxy) is 1. The van der Waals surface area contributed by atoms with Crippen LogP contribution in [-0.2, 0) is 5.41 Å². The molecule has 0 atom stereocenters. The van der Waals surface area contributed by atoms with Crippen LogP contribution in [0.1, 0.15) is 37.0 Å². The first-order valence-electron chi connectivity index (χ1n) is 8.34. The van der Waals surface area contributed by atoms with Gasteiger partial charge < -0.3 is 10.1 Å². The van der Waals surface area contributed by atoms with Crippen molar-refractivity contribution in [2.75, 3.05) is 5.32 Å². The third-order valence-corrected chi connectivity index (χ3v) is 4.14. The summed E-state index contributed by atoms with van der Waals surface area (Å²) < 4.78 is 6.61. The molecule has 0 aliphatic rings. The molecule has 0 bridgehead atoms. The summed E-state index contributed by atoms with van der Waals surface area (Å²) in [5, 5.41) is 2.76. The zero-order valence-corrected chi connectivity index (χ0v) is 16.8. The van der Waals surface area contributed by atoms with E-state index in [4.69, 9.17) is 4.74 Å². The number of carbonyl (C=O) groups excluding carboxylic acids is 1. The molecule has 0 aliphatic carbocycles. The molecule has 0 unspecified atom stereocenters. The lowest BCUT2D eigenvalue weighted by Gasteiger charge is -2.16. The van der Waals surface area contributed by atoms with Gasteiger partial charge in [0.1, 0.15) is 11.6 Å². The van der Waals surface area contributed by atoms with Gasteiger partial charge in [-0.3, -0.25) is 4.79 Å². The molecule has 138 valence electrons. The van der Waals surface area contributed by atoms with Crippen LogP contribution >= 0.6 is 15.9 Å². The molecule has 2 aromatic heterocycles. The molecule has 2 heterocycles. The van der Waals surface area contributed by atoms with Gasteiger partial charge in [0.15, 0.2) is 0 Å². The maximum Gasteiger partial charge on any atom is 0.257 e. The molecule has 1 aromatic carbocycles. The minimum Gasteiger partial charge on any atom is -0.439 e. The zero-order valence-electron chi connectivity index (χ0n) is 15.2. The number of hydrogen-bond acceptors (Lipinski definition) is 5. The standard InChI is InChI=1S/C20H19BrN4O2/c1-20(2,3)19-23-11-15(12-24-19)25-18(26)13-4-9-17(22-10-13)27-16-7-5-14(21)6-8-16/h4-12H,1-3H3,(H,25,26). The smallest absolute Gasteiger partial charge is 0.257 e. The number of pyridine rings is 1. The fraction of sp³-hybridized carbons (Fsp3) is 0.200. The number of amides is 1. The summed E-state index contributed by atoms with van der Waals surface area (Å²) in [6.07, 6.45) is 4.67. The van der Waals surface area contributed by atoms with Gasteiger partial charge in [-0.15, -0.1) is 0 Å². The number of carbonyl (C=O) groups is 1. The topological polar surface area (TPSA) is 77.0 Å². The van der Waals surface area contributed by atoms with Crippen LogP contribution in [-0.4, -0.2) is 20.9 Å². The third kappa shape index (κ3) is 5.10. The van der Waals surface area contributed by atoms with E-state index in [1.165, 1.54) is 6.20 Å². The van der Waals surface area contributed by atoms with E-state index in [1.807, 2.05) is 45.0 Å². The number of benzene rings is 1. The quantitative estimate of drug-likeness (QED) is 0.636. The van der Waals surface area contributed by atoms with Crippen LogP contribution in [0.2, 0.25) is 0 Å². The summed E-state index contributed by atoms with van der Waals surface area (Å²) in [5.41, 5.74) is 0.804. The number of nitrogens with one attached hydrogen (secondary N) is 1. The SMILES string of the molecule is CC(C)(C)c1ncc(NC(=O)c2ccc(Oc3ccc(Br)cc3)nc2)cn1. The van der Waals surface area contributed by atoms with Crippen LogP contribution in [0.15, 0.2) is 59.5 Å². The average molecular weight is 427 g/mol. The first-order valence-corrected chi connectivity index (χ1v) is 9.14. The van der Waals surface area contributed by atoms with Gasteiger partial charge in [0.2, 0.25) is 5.88 Å². The van der Waals surface area contributed by atoms with Gasteiger partial charge in [-0.25, -0.2) is 15.0 Å². The highest BCUT2D eigenvalue weighted by Gasteiger charge is 2.17. The molecule has 3 aromatic rings. The van der Waals surface area contributed by atoms with Crippen molar-refractivity contribution in [2.24, 2.45) is 0 Å². The maximum absolute atomic E-state index is 12.4. The summed E-state index contributed by atoms with van der Waals surface area (Å²) in [4.78, 5) is 25.1. The van der Waals surface area contributed by atoms with Gasteiger partial charge in [0.05, 0.1) is 23.6 Å². The van der Waals surface area contributed by atoms with Gasteiger partial charge in [-0.05, 0) is 30.3 Å². The molecule has 1 amide bonds. The van der Waals surface area contributed by atoms with E-state index in [9.17, 15) is 4.79 Å². The predicted octanol–water partition coefficient (Wildman–Crippen LogP) is 4.98. The Morgan fingerprint density at radius 3 is 2.19 bits per heavy atom. The van der Waals surface area contributed by atoms with Crippen molar-refractivity contribution in [3.8, 4) is 11.6 Å². The average Bonchev–Trinajstić information content (AvgIpc) is 2.64. The lowest BCUT2D eigenvalue weighted by molar-refractivity contribution is 0.102. The van der Waals surface area contributed by atoms with Crippen molar-refractivity contribution >= 4 is 27.5 Å². The van der Waals surface area contributed by atoms with E-state index in [1.54, 1.807) is 24.5 Å². The van der Waals surface area contributed by atoms with E-state index in [-0.39, 0.29) is 11.3 Å². The van der Waals surface area contributed by atoms with Crippen molar-refractivity contribution in [1.29, 1.82) is 0 Å². The monoisotopic (exact) mass is 426 g/mol. The van der Waals surface area contributed by atoms with E-state index in [2.05, 4.69) is 36.2 Å². The van der Waals surface area contributed by atoms with E-state index >= 15 is 0 Å². The fourth-order valence-corrected chi connectivity index (χ4v) is 2.45. The van der Waals surface area contributed by atoms with Gasteiger partial charge in [0, 0.05) is 22.2 Å². The predicted molar refractivity (Wildman–Crippen MR) is 107 cm³/mol. The highest BCUT2D eigenvalue weighted by atomic mass is 79.9. The van der Waals surface area contributed by atoms with Crippen LogP contribution in [0.25, 0.3) is 0 Å². The van der Waals surface area contributed by atoms with E-state index in [0.29, 0.717) is 22.9 Å². The van der Waals surface area contributed by atoms with Crippen molar-refractivity contribution < 1.29 is 9.53 Å². The lowest BCUT2D eigenvalue weighted by atomic mass is 9.96. The Labute approximate surface area is 166 Å². The van der Waals surface area contributed by atoms with Crippen LogP contribution < -0.4 is 10.1 Å². The Bertz CT molecular complexity index is 918. The Morgan fingerprint density at radius 2 is 1.63 bits per heavy atom. The molecule has 0 saturated carbocycles. The minimum absolute atomic E-state index is 0.142. The maximum atomic E-state index is 12.4. The number of nitrogens with zero attached hydrogens (tertiary/aromatic N) is 3. The second-order valence-electron chi connectivity index (χ2n) is 6.94. The van der Waals surface area contributed by atoms with Crippen LogP contribution in [0.5, 0.6) is 11.6 Å². The second-order valence-corrected chi connectivity index (χ2v) is 7.86. The molecule has 0 aliphatic heterocycles. The number of rotatable bonds is 4. The summed E-state index contributed by atoms with van der Waals surface area (Å²) in [6.45, 7) is 6.10. The first kappa shape index (κ1) is 19.0. The van der Waals surface area contributed by atoms with Crippen molar-refractivity contribution in [3.05, 3.63) is 70.8 Å². The first-order chi connectivity index (χ1) is 12.8. The summed E-state index contributed by atoms with van der Waals surface area (Å²) in [6, 6.07) is 10.7. The molecule has 7 heteroatoms. The Morgan fingerprint density at radius 1 is 0.963 bits per heavy atom. The lowest BCUT2D eigenvalue weighted by Crippen LogP contribution is -2.17. The van der Waals surface area contributed by atoms with Gasteiger partial charge >= 0.3 is 0 Å². The number of aromatic nitrogens is 3. The number of anilines is 1. The number of hydrogen-bond donors (Lipinski definition) is 1. The molecule has 0 radical (unpaired) electrons. The molecule has 6 nitrogen and oxygen atoms in total. The Balaban J connectivity index is 1.64. The molecule has 1 N–H and O–H groups in total. The van der Waals surface area contributed by atoms with Crippen molar-refractivity contribution in [3.63, 3.8) is 0 Å². The summed E-state index contributed by atoms with van der Waals surface area (Å²) >= 11 is 3.37. The van der Waals surface area contributed by atoms with Crippen LogP contribution in [0, 0.1) is 0 Å². The zero-order chi connectivity index (χ0) is 19.4. The molecule has 3 rings (SSSR count). The molecular weight excluding hydrogens is 408 g/mol. The van der Waals surface area contributed by atoms with Crippen LogP contribution in [0.3, 0.4) is 0 Å². The molecule has 0 saturated heterocycles. The summed E-state index contributed by atoms with van der Waals surface area (Å²) in [5.74, 6) is 1.51. The van der Waals surface area contributed by atoms with E-state index < -0.39 is 0 Å². The largest absolute Gasteiger partial charge is 0.439 e. The van der Waals surface area contributed by atoms with Gasteiger partial charge in [-0.1, -0.05) is 36.7 Å². The van der Waals surface area contributed by atoms with Crippen molar-refractivity contribution in [1.82, 2.24) is 15.0 Å². The van der Waals surface area contributed by atoms with Crippen LogP contribution in [0.4, 0.5) is 5.69 Å². The second kappa shape index (κ2) is 7.84. The number of halogens is 1. The highest BCUT2D eigenvalue weighted by molar-refractivity contribution is 9.10. The third-order valence-electron chi connectivity index (χ3n) is 3.62. The highest BCUT2D eigenvalue weighted by Crippen LogP contribution is 2.22. The van der Waals surface area contributed by atoms with Crippen molar-refractivity contribution in [2.45, 2.75) is 26.2 Å². The van der Waals surface area contributed by atoms with Gasteiger partial charge in [0.25, 0.3) is 5.91 Å². The van der Waals surface area contributed by atoms with E-state index in [0.717, 1.165) is 10.3 Å². The summed E-state index contributed by atoms with van der Waals surface area (Å²) in [7, 11) is 0. The molecule has 0 fully saturated rings. The molecule has 27 heavy (non-hydrogen) atoms. The molecular formula is C20H19BrN4O2.